The maximum Gasteiger partial charge on any atom is 0.274 e. The van der Waals surface area contributed by atoms with E-state index in [1.54, 1.807) is 0 Å². The number of nitrogens with zero attached hydrogens (tertiary/aromatic N) is 2. The Bertz CT molecular complexity index is 948. The van der Waals surface area contributed by atoms with Gasteiger partial charge in [-0.2, -0.15) is 0 Å². The molecule has 2 aromatic carbocycles. The van der Waals surface area contributed by atoms with E-state index in [0.717, 1.165) is 17.7 Å². The van der Waals surface area contributed by atoms with Gasteiger partial charge in [0.15, 0.2) is 0 Å². The van der Waals surface area contributed by atoms with E-state index >= 15 is 0 Å². The van der Waals surface area contributed by atoms with Crippen LogP contribution in [-0.4, -0.2) is 15.9 Å². The lowest BCUT2D eigenvalue weighted by atomic mass is 10.1. The van der Waals surface area contributed by atoms with E-state index < -0.39 is 5.82 Å². The van der Waals surface area contributed by atoms with Crippen LogP contribution in [0.2, 0.25) is 5.02 Å². The molecule has 132 valence electrons. The number of nitrogens with one attached hydrogen (secondary N) is 2. The first-order chi connectivity index (χ1) is 12.6. The molecule has 0 saturated heterocycles. The van der Waals surface area contributed by atoms with Crippen molar-refractivity contribution in [3.8, 4) is 0 Å². The summed E-state index contributed by atoms with van der Waals surface area (Å²) in [6.45, 7) is 2.02. The van der Waals surface area contributed by atoms with E-state index in [1.165, 1.54) is 30.5 Å². The fourth-order valence-electron chi connectivity index (χ4n) is 2.39. The molecular weight excluding hydrogens is 355 g/mol. The van der Waals surface area contributed by atoms with Gasteiger partial charge in [-0.05, 0) is 42.3 Å². The van der Waals surface area contributed by atoms with Gasteiger partial charge in [-0.25, -0.2) is 14.4 Å². The number of hydrogen-bond acceptors (Lipinski definition) is 4. The first-order valence-electron chi connectivity index (χ1n) is 8.01. The summed E-state index contributed by atoms with van der Waals surface area (Å²) in [7, 11) is 0. The van der Waals surface area contributed by atoms with Gasteiger partial charge in [0.1, 0.15) is 11.5 Å². The van der Waals surface area contributed by atoms with Crippen molar-refractivity contribution in [2.75, 3.05) is 10.6 Å². The Kier molecular flexibility index (Phi) is 5.43. The molecule has 0 fully saturated rings. The Morgan fingerprint density at radius 1 is 1.19 bits per heavy atom. The minimum atomic E-state index is -0.513. The molecule has 3 rings (SSSR count). The molecule has 0 aliphatic carbocycles. The van der Waals surface area contributed by atoms with Gasteiger partial charge in [0.05, 0.1) is 5.02 Å². The number of anilines is 3. The number of benzene rings is 2. The van der Waals surface area contributed by atoms with Crippen LogP contribution in [-0.2, 0) is 6.42 Å². The zero-order chi connectivity index (χ0) is 18.5. The largest absolute Gasteiger partial charge is 0.324 e. The summed E-state index contributed by atoms with van der Waals surface area (Å²) >= 11 is 5.76. The third-order valence-electron chi connectivity index (χ3n) is 3.71. The van der Waals surface area contributed by atoms with Crippen molar-refractivity contribution in [3.05, 3.63) is 76.8 Å². The van der Waals surface area contributed by atoms with E-state index in [1.807, 2.05) is 31.2 Å². The Balaban J connectivity index is 1.78. The number of rotatable bonds is 5. The Labute approximate surface area is 155 Å². The number of hydrogen-bond donors (Lipinski definition) is 2. The molecule has 5 nitrogen and oxygen atoms in total. The summed E-state index contributed by atoms with van der Waals surface area (Å²) in [6, 6.07) is 13.3. The topological polar surface area (TPSA) is 66.9 Å². The molecule has 7 heteroatoms. The van der Waals surface area contributed by atoms with Gasteiger partial charge in [-0.15, -0.1) is 0 Å². The number of carbonyl (C=O) groups excluding carboxylic acids is 1. The first-order valence-corrected chi connectivity index (χ1v) is 8.39. The van der Waals surface area contributed by atoms with Crippen molar-refractivity contribution in [3.63, 3.8) is 0 Å². The highest BCUT2D eigenvalue weighted by atomic mass is 35.5. The van der Waals surface area contributed by atoms with Crippen molar-refractivity contribution in [1.82, 2.24) is 9.97 Å². The van der Waals surface area contributed by atoms with Gasteiger partial charge < -0.3 is 10.6 Å². The van der Waals surface area contributed by atoms with Crippen LogP contribution in [0.25, 0.3) is 0 Å². The SMILES string of the molecule is CCc1ccccc1NC(=O)c1ccnc(Nc2ccc(F)c(Cl)c2)n1. The van der Waals surface area contributed by atoms with Crippen LogP contribution in [0.15, 0.2) is 54.7 Å². The third-order valence-corrected chi connectivity index (χ3v) is 4.00. The van der Waals surface area contributed by atoms with E-state index in [-0.39, 0.29) is 22.6 Å². The van der Waals surface area contributed by atoms with Crippen molar-refractivity contribution in [2.24, 2.45) is 0 Å². The fourth-order valence-corrected chi connectivity index (χ4v) is 2.57. The van der Waals surface area contributed by atoms with Crippen LogP contribution in [0.1, 0.15) is 23.0 Å². The molecule has 2 N–H and O–H groups in total. The molecule has 0 atom stereocenters. The molecule has 0 saturated carbocycles. The van der Waals surface area contributed by atoms with Gasteiger partial charge in [0.25, 0.3) is 5.91 Å². The molecule has 0 aliphatic rings. The van der Waals surface area contributed by atoms with E-state index in [0.29, 0.717) is 5.69 Å². The van der Waals surface area contributed by atoms with Gasteiger partial charge in [-0.1, -0.05) is 36.7 Å². The molecule has 26 heavy (non-hydrogen) atoms. The predicted molar refractivity (Wildman–Crippen MR) is 100 cm³/mol. The van der Waals surface area contributed by atoms with Gasteiger partial charge in [-0.3, -0.25) is 4.79 Å². The molecule has 0 unspecified atom stereocenters. The van der Waals surface area contributed by atoms with Crippen LogP contribution in [0.3, 0.4) is 0 Å². The highest BCUT2D eigenvalue weighted by Gasteiger charge is 2.11. The summed E-state index contributed by atoms with van der Waals surface area (Å²) < 4.78 is 13.2. The molecule has 1 aromatic heterocycles. The highest BCUT2D eigenvalue weighted by Crippen LogP contribution is 2.21. The van der Waals surface area contributed by atoms with Crippen LogP contribution in [0.5, 0.6) is 0 Å². The Hall–Kier alpha value is -2.99. The highest BCUT2D eigenvalue weighted by molar-refractivity contribution is 6.31. The number of carbonyl (C=O) groups is 1. The minimum Gasteiger partial charge on any atom is -0.324 e. The number of aryl methyl sites for hydroxylation is 1. The summed E-state index contributed by atoms with van der Waals surface area (Å²) in [5.41, 5.74) is 2.51. The summed E-state index contributed by atoms with van der Waals surface area (Å²) in [5, 5.41) is 5.74. The standard InChI is InChI=1S/C19H16ClFN4O/c1-2-12-5-3-4-6-16(12)24-18(26)17-9-10-22-19(25-17)23-13-7-8-15(21)14(20)11-13/h3-11H,2H2,1H3,(H,24,26)(H,22,23,25). The number of aromatic nitrogens is 2. The number of amides is 1. The lowest BCUT2D eigenvalue weighted by molar-refractivity contribution is 0.102. The van der Waals surface area contributed by atoms with E-state index in [9.17, 15) is 9.18 Å². The zero-order valence-corrected chi connectivity index (χ0v) is 14.7. The summed E-state index contributed by atoms with van der Waals surface area (Å²) in [6.07, 6.45) is 2.28. The van der Waals surface area contributed by atoms with Crippen LogP contribution in [0.4, 0.5) is 21.7 Å². The summed E-state index contributed by atoms with van der Waals surface area (Å²) in [4.78, 5) is 20.8. The van der Waals surface area contributed by atoms with Gasteiger partial charge in [0.2, 0.25) is 5.95 Å². The molecular formula is C19H16ClFN4O. The lowest BCUT2D eigenvalue weighted by Crippen LogP contribution is -2.15. The van der Waals surface area contributed by atoms with Crippen molar-refractivity contribution >= 4 is 34.8 Å². The van der Waals surface area contributed by atoms with Crippen molar-refractivity contribution in [2.45, 2.75) is 13.3 Å². The van der Waals surface area contributed by atoms with Crippen molar-refractivity contribution < 1.29 is 9.18 Å². The minimum absolute atomic E-state index is 0.0138. The fraction of sp³-hybridized carbons (Fsp3) is 0.105. The molecule has 1 heterocycles. The molecule has 0 spiro atoms. The second-order valence-electron chi connectivity index (χ2n) is 5.48. The molecule has 3 aromatic rings. The molecule has 0 radical (unpaired) electrons. The van der Waals surface area contributed by atoms with E-state index in [4.69, 9.17) is 11.6 Å². The molecule has 1 amide bonds. The Morgan fingerprint density at radius 3 is 2.77 bits per heavy atom. The predicted octanol–water partition coefficient (Wildman–Crippen LogP) is 4.83. The maximum atomic E-state index is 13.2. The van der Waals surface area contributed by atoms with Crippen LogP contribution < -0.4 is 10.6 Å². The van der Waals surface area contributed by atoms with E-state index in [2.05, 4.69) is 20.6 Å². The number of para-hydroxylation sites is 1. The smallest absolute Gasteiger partial charge is 0.274 e. The number of halogens is 2. The first kappa shape index (κ1) is 17.8. The lowest BCUT2D eigenvalue weighted by Gasteiger charge is -2.10. The zero-order valence-electron chi connectivity index (χ0n) is 14.0. The Morgan fingerprint density at radius 2 is 2.00 bits per heavy atom. The maximum absolute atomic E-state index is 13.2. The average Bonchev–Trinajstić information content (AvgIpc) is 2.65. The van der Waals surface area contributed by atoms with Crippen LogP contribution >= 0.6 is 11.6 Å². The average molecular weight is 371 g/mol. The normalized spacial score (nSPS) is 10.4. The van der Waals surface area contributed by atoms with Gasteiger partial charge in [0, 0.05) is 17.6 Å². The molecule has 0 aliphatic heterocycles. The second-order valence-corrected chi connectivity index (χ2v) is 5.89. The van der Waals surface area contributed by atoms with Gasteiger partial charge >= 0.3 is 0 Å². The van der Waals surface area contributed by atoms with Crippen molar-refractivity contribution in [1.29, 1.82) is 0 Å². The monoisotopic (exact) mass is 370 g/mol. The summed E-state index contributed by atoms with van der Waals surface area (Å²) in [5.74, 6) is -0.640. The third kappa shape index (κ3) is 4.15. The molecule has 0 bridgehead atoms. The van der Waals surface area contributed by atoms with Crippen LogP contribution in [0, 0.1) is 5.82 Å². The quantitative estimate of drug-likeness (QED) is 0.675. The second kappa shape index (κ2) is 7.93.